The van der Waals surface area contributed by atoms with Crippen molar-refractivity contribution in [2.75, 3.05) is 18.0 Å². The molecule has 0 amide bonds. The molecule has 1 unspecified atom stereocenters. The van der Waals surface area contributed by atoms with Gasteiger partial charge in [0.2, 0.25) is 11.8 Å². The van der Waals surface area contributed by atoms with Crippen LogP contribution in [0.5, 0.6) is 5.88 Å². The third-order valence-corrected chi connectivity index (χ3v) is 4.75. The second-order valence-corrected chi connectivity index (χ2v) is 7.00. The lowest BCUT2D eigenvalue weighted by Gasteiger charge is -2.15. The highest BCUT2D eigenvalue weighted by atomic mass is 16.3. The van der Waals surface area contributed by atoms with Crippen molar-refractivity contribution < 1.29 is 5.11 Å². The van der Waals surface area contributed by atoms with Gasteiger partial charge in [0, 0.05) is 24.4 Å². The van der Waals surface area contributed by atoms with Crippen molar-refractivity contribution in [3.63, 3.8) is 0 Å². The normalized spacial score (nSPS) is 21.7. The quantitative estimate of drug-likeness (QED) is 0.416. The molecule has 5 N–H and O–H groups in total. The lowest BCUT2D eigenvalue weighted by atomic mass is 10.3. The molecule has 27 heavy (non-hydrogen) atoms. The minimum atomic E-state index is -0.485. The van der Waals surface area contributed by atoms with E-state index in [1.54, 1.807) is 16.8 Å². The molecular weight excluding hydrogens is 350 g/mol. The number of hydrogen-bond acceptors (Lipinski definition) is 8. The molecule has 1 atom stereocenters. The van der Waals surface area contributed by atoms with Gasteiger partial charge >= 0.3 is 5.69 Å². The van der Waals surface area contributed by atoms with Gasteiger partial charge in [-0.25, -0.2) is 9.79 Å². The Morgan fingerprint density at radius 2 is 2.15 bits per heavy atom. The van der Waals surface area contributed by atoms with Gasteiger partial charge in [-0.2, -0.15) is 19.6 Å². The molecule has 11 nitrogen and oxygen atoms in total. The van der Waals surface area contributed by atoms with Crippen molar-refractivity contribution in [2.24, 2.45) is 10.7 Å². The Hall–Kier alpha value is -3.21. The molecule has 0 radical (unpaired) electrons. The van der Waals surface area contributed by atoms with E-state index in [0.717, 1.165) is 25.8 Å². The topological polar surface area (TPSA) is 154 Å². The second-order valence-electron chi connectivity index (χ2n) is 7.00. The van der Waals surface area contributed by atoms with Crippen LogP contribution < -0.4 is 27.2 Å². The number of aromatic amines is 2. The molecule has 0 bridgehead atoms. The van der Waals surface area contributed by atoms with Gasteiger partial charge < -0.3 is 20.7 Å². The zero-order chi connectivity index (χ0) is 18.5. The van der Waals surface area contributed by atoms with Crippen LogP contribution in [0.15, 0.2) is 16.0 Å². The maximum atomic E-state index is 11.4. The molecule has 11 heteroatoms. The summed E-state index contributed by atoms with van der Waals surface area (Å²) in [5.41, 5.74) is 6.86. The van der Waals surface area contributed by atoms with Gasteiger partial charge in [-0.15, -0.1) is 0 Å². The number of nitrogens with one attached hydrogen (secondary N) is 2. The molecular formula is C16H19N9O2. The van der Waals surface area contributed by atoms with E-state index in [9.17, 15) is 9.90 Å². The summed E-state index contributed by atoms with van der Waals surface area (Å²) in [4.78, 5) is 32.2. The molecule has 140 valence electrons. The smallest absolute Gasteiger partial charge is 0.326 e. The summed E-state index contributed by atoms with van der Waals surface area (Å²) in [5.74, 6) is 0.332. The molecule has 1 saturated heterocycles. The van der Waals surface area contributed by atoms with Gasteiger partial charge in [-0.1, -0.05) is 0 Å². The van der Waals surface area contributed by atoms with Crippen molar-refractivity contribution in [1.82, 2.24) is 29.5 Å². The molecule has 5 rings (SSSR count). The maximum Gasteiger partial charge on any atom is 0.326 e. The van der Waals surface area contributed by atoms with Crippen LogP contribution in [0, 0.1) is 0 Å². The fraction of sp³-hybridized carbons (Fsp3) is 0.438. The number of nitrogens with two attached hydrogens (primary N) is 1. The first kappa shape index (κ1) is 16.0. The van der Waals surface area contributed by atoms with E-state index in [1.165, 1.54) is 0 Å². The lowest BCUT2D eigenvalue weighted by molar-refractivity contribution is 0.454. The van der Waals surface area contributed by atoms with Crippen LogP contribution >= 0.6 is 0 Å². The van der Waals surface area contributed by atoms with Crippen LogP contribution in [0.2, 0.25) is 0 Å². The second kappa shape index (κ2) is 5.91. The van der Waals surface area contributed by atoms with Crippen LogP contribution in [0.1, 0.15) is 25.0 Å². The number of rotatable bonds is 3. The van der Waals surface area contributed by atoms with E-state index in [4.69, 9.17) is 5.73 Å². The van der Waals surface area contributed by atoms with Crippen molar-refractivity contribution in [2.45, 2.75) is 31.3 Å². The maximum absolute atomic E-state index is 11.4. The highest BCUT2D eigenvalue weighted by Crippen LogP contribution is 2.22. The highest BCUT2D eigenvalue weighted by molar-refractivity contribution is 5.57. The van der Waals surface area contributed by atoms with E-state index in [-0.39, 0.29) is 23.7 Å². The standard InChI is InChI=1S/C16H19N9O2/c17-9-3-4-24(7-9)14-21-12-8(5-11-13(26)22-16(27)20-11)6-18-25(12)15(23-14)19-10-1-2-10/h5-6,9-10,26H,1-4,7,17H2,(H2,20,22,27)/b8-5+,19-15?. The molecule has 2 aliphatic rings. The van der Waals surface area contributed by atoms with Gasteiger partial charge in [0.1, 0.15) is 5.69 Å². The van der Waals surface area contributed by atoms with Crippen LogP contribution in [-0.2, 0) is 0 Å². The summed E-state index contributed by atoms with van der Waals surface area (Å²) < 4.78 is 1.59. The third-order valence-electron chi connectivity index (χ3n) is 4.75. The Balaban J connectivity index is 1.71. The molecule has 4 heterocycles. The van der Waals surface area contributed by atoms with E-state index >= 15 is 0 Å². The largest absolute Gasteiger partial charge is 0.493 e. The van der Waals surface area contributed by atoms with E-state index < -0.39 is 5.69 Å². The number of aromatic nitrogens is 6. The summed E-state index contributed by atoms with van der Waals surface area (Å²) in [6.45, 7) is 1.48. The van der Waals surface area contributed by atoms with Crippen LogP contribution in [0.3, 0.4) is 0 Å². The summed E-state index contributed by atoms with van der Waals surface area (Å²) in [6.07, 6.45) is 6.21. The zero-order valence-corrected chi connectivity index (χ0v) is 14.5. The first-order valence-corrected chi connectivity index (χ1v) is 8.90. The summed E-state index contributed by atoms with van der Waals surface area (Å²) in [7, 11) is 0. The molecule has 3 aromatic heterocycles. The molecule has 2 fully saturated rings. The highest BCUT2D eigenvalue weighted by Gasteiger charge is 2.24. The van der Waals surface area contributed by atoms with Gasteiger partial charge in [-0.3, -0.25) is 4.98 Å². The van der Waals surface area contributed by atoms with E-state index in [1.807, 2.05) is 4.90 Å². The number of fused-ring (bicyclic) bond motifs is 1. The number of hydrogen-bond donors (Lipinski definition) is 4. The number of H-pyrrole nitrogens is 2. The number of nitrogens with zero attached hydrogens (tertiary/aromatic N) is 6. The van der Waals surface area contributed by atoms with Crippen molar-refractivity contribution in [1.29, 1.82) is 0 Å². The molecule has 3 aromatic rings. The third kappa shape index (κ3) is 2.95. The Bertz CT molecular complexity index is 1190. The minimum absolute atomic E-state index is 0.103. The Kier molecular flexibility index (Phi) is 3.50. The van der Waals surface area contributed by atoms with Crippen molar-refractivity contribution >= 4 is 17.7 Å². The van der Waals surface area contributed by atoms with Gasteiger partial charge in [0.25, 0.3) is 5.62 Å². The Labute approximate surface area is 152 Å². The first-order chi connectivity index (χ1) is 13.1. The molecule has 1 saturated carbocycles. The fourth-order valence-corrected chi connectivity index (χ4v) is 3.18. The predicted molar refractivity (Wildman–Crippen MR) is 96.0 cm³/mol. The van der Waals surface area contributed by atoms with Gasteiger partial charge in [-0.05, 0) is 25.3 Å². The summed E-state index contributed by atoms with van der Waals surface area (Å²) >= 11 is 0. The van der Waals surface area contributed by atoms with Crippen LogP contribution in [0.4, 0.5) is 5.95 Å². The van der Waals surface area contributed by atoms with Crippen molar-refractivity contribution in [3.8, 4) is 5.88 Å². The Morgan fingerprint density at radius 3 is 2.81 bits per heavy atom. The summed E-state index contributed by atoms with van der Waals surface area (Å²) in [6, 6.07) is 0.380. The molecule has 1 aliphatic heterocycles. The SMILES string of the molecule is NC1CCN(c2nc(=NC3CC3)n3nc/c(=C\c4[nH]c(=O)[nH]c4O)c3n2)C1. The molecule has 0 aromatic carbocycles. The number of aromatic hydroxyl groups is 1. The molecule has 0 spiro atoms. The van der Waals surface area contributed by atoms with E-state index in [0.29, 0.717) is 29.0 Å². The summed E-state index contributed by atoms with van der Waals surface area (Å²) in [5, 5.41) is 14.8. The monoisotopic (exact) mass is 369 g/mol. The number of anilines is 1. The minimum Gasteiger partial charge on any atom is -0.493 e. The van der Waals surface area contributed by atoms with Crippen molar-refractivity contribution in [3.05, 3.63) is 33.2 Å². The first-order valence-electron chi connectivity index (χ1n) is 8.90. The average Bonchev–Trinajstić information content (AvgIpc) is 3.04. The lowest BCUT2D eigenvalue weighted by Crippen LogP contribution is -2.32. The molecule has 1 aliphatic carbocycles. The van der Waals surface area contributed by atoms with E-state index in [2.05, 4.69) is 30.0 Å². The van der Waals surface area contributed by atoms with Gasteiger partial charge in [0.15, 0.2) is 5.65 Å². The number of imidazole rings is 1. The van der Waals surface area contributed by atoms with Crippen LogP contribution in [-0.4, -0.2) is 59.8 Å². The fourth-order valence-electron chi connectivity index (χ4n) is 3.18. The predicted octanol–water partition coefficient (Wildman–Crippen LogP) is -2.01. The zero-order valence-electron chi connectivity index (χ0n) is 14.5. The van der Waals surface area contributed by atoms with Crippen LogP contribution in [0.25, 0.3) is 11.7 Å². The average molecular weight is 369 g/mol. The van der Waals surface area contributed by atoms with Gasteiger partial charge in [0.05, 0.1) is 12.2 Å². The Morgan fingerprint density at radius 1 is 1.30 bits per heavy atom.